The van der Waals surface area contributed by atoms with Gasteiger partial charge in [-0.15, -0.1) is 0 Å². The number of methoxy groups -OCH3 is 1. The van der Waals surface area contributed by atoms with Crippen LogP contribution in [-0.2, 0) is 38.1 Å². The predicted molar refractivity (Wildman–Crippen MR) is 141 cm³/mol. The van der Waals surface area contributed by atoms with E-state index in [1.807, 2.05) is 20.8 Å². The number of carbonyl (C=O) groups is 4. The van der Waals surface area contributed by atoms with E-state index in [1.54, 1.807) is 33.1 Å². The molecule has 1 aromatic heterocycles. The van der Waals surface area contributed by atoms with Gasteiger partial charge in [-0.3, -0.25) is 9.59 Å². The summed E-state index contributed by atoms with van der Waals surface area (Å²) in [6, 6.07) is 1.77. The Morgan fingerprint density at radius 2 is 1.83 bits per heavy atom. The van der Waals surface area contributed by atoms with Gasteiger partial charge in [-0.1, -0.05) is 41.5 Å². The number of cyclic esters (lactones) is 1. The molecule has 6 rings (SSSR count). The number of ether oxygens (including phenoxy) is 4. The first-order valence-corrected chi connectivity index (χ1v) is 14.3. The van der Waals surface area contributed by atoms with Gasteiger partial charge in [0.25, 0.3) is 0 Å². The first-order chi connectivity index (χ1) is 19.2. The Labute approximate surface area is 238 Å². The van der Waals surface area contributed by atoms with E-state index in [9.17, 15) is 24.3 Å². The van der Waals surface area contributed by atoms with Gasteiger partial charge in [-0.25, -0.2) is 9.59 Å². The summed E-state index contributed by atoms with van der Waals surface area (Å²) in [6.07, 6.45) is 1.75. The molecule has 3 aliphatic carbocycles. The molecular weight excluding hydrogens is 532 g/mol. The van der Waals surface area contributed by atoms with Crippen LogP contribution in [0.25, 0.3) is 0 Å². The van der Waals surface area contributed by atoms with Gasteiger partial charge < -0.3 is 28.5 Å². The van der Waals surface area contributed by atoms with Crippen LogP contribution >= 0.6 is 0 Å². The molecule has 1 aromatic rings. The summed E-state index contributed by atoms with van der Waals surface area (Å²) in [5, 5.41) is 11.5. The molecule has 222 valence electrons. The molecule has 1 saturated heterocycles. The fourth-order valence-corrected chi connectivity index (χ4v) is 9.22. The molecule has 2 bridgehead atoms. The number of furan rings is 1. The van der Waals surface area contributed by atoms with Gasteiger partial charge in [0, 0.05) is 39.7 Å². The monoisotopic (exact) mass is 570 g/mol. The third kappa shape index (κ3) is 3.43. The summed E-state index contributed by atoms with van der Waals surface area (Å²) < 4.78 is 28.8. The molecule has 0 aromatic carbocycles. The maximum Gasteiger partial charge on any atom is 0.335 e. The lowest BCUT2D eigenvalue weighted by atomic mass is 9.38. The van der Waals surface area contributed by atoms with Crippen LogP contribution in [-0.4, -0.2) is 59.8 Å². The summed E-state index contributed by atoms with van der Waals surface area (Å²) in [6.45, 7) is 10.9. The third-order valence-electron chi connectivity index (χ3n) is 11.0. The minimum absolute atomic E-state index is 0.205. The molecule has 0 radical (unpaired) electrons. The summed E-state index contributed by atoms with van der Waals surface area (Å²) in [7, 11) is 1.19. The largest absolute Gasteiger partial charge is 0.472 e. The average Bonchev–Trinajstić information content (AvgIpc) is 3.36. The Kier molecular flexibility index (Phi) is 6.02. The number of hydrogen-bond donors (Lipinski definition) is 1. The average molecular weight is 571 g/mol. The number of aliphatic hydroxyl groups is 1. The van der Waals surface area contributed by atoms with E-state index in [0.29, 0.717) is 12.8 Å². The molecule has 1 N–H and O–H groups in total. The number of Topliss-reactive ketones (excluding diaryl/α,β-unsaturated/α-hetero) is 1. The molecule has 1 spiro atoms. The number of fused-ring (bicyclic) bond motifs is 5. The molecular formula is C31H38O10. The fourth-order valence-electron chi connectivity index (χ4n) is 9.22. The highest BCUT2D eigenvalue weighted by Gasteiger charge is 2.85. The second kappa shape index (κ2) is 8.77. The fraction of sp³-hybridized carbons (Fsp3) is 0.677. The second-order valence-electron chi connectivity index (χ2n) is 13.7. The highest BCUT2D eigenvalue weighted by molar-refractivity contribution is 5.95. The Morgan fingerprint density at radius 1 is 1.12 bits per heavy atom. The minimum Gasteiger partial charge on any atom is -0.472 e. The van der Waals surface area contributed by atoms with Crippen molar-refractivity contribution >= 4 is 23.7 Å². The van der Waals surface area contributed by atoms with Gasteiger partial charge in [0.2, 0.25) is 0 Å². The van der Waals surface area contributed by atoms with Crippen molar-refractivity contribution in [2.24, 2.45) is 39.9 Å². The van der Waals surface area contributed by atoms with Crippen molar-refractivity contribution in [3.63, 3.8) is 0 Å². The van der Waals surface area contributed by atoms with Gasteiger partial charge in [-0.05, 0) is 24.5 Å². The molecule has 0 amide bonds. The quantitative estimate of drug-likeness (QED) is 0.318. The molecule has 41 heavy (non-hydrogen) atoms. The van der Waals surface area contributed by atoms with Crippen LogP contribution in [0, 0.1) is 39.9 Å². The number of epoxide rings is 1. The van der Waals surface area contributed by atoms with Gasteiger partial charge in [0.05, 0.1) is 31.5 Å². The van der Waals surface area contributed by atoms with Crippen molar-refractivity contribution in [2.75, 3.05) is 7.11 Å². The van der Waals surface area contributed by atoms with Crippen molar-refractivity contribution < 1.29 is 47.6 Å². The number of hydrogen-bond acceptors (Lipinski definition) is 10. The van der Waals surface area contributed by atoms with E-state index in [2.05, 4.69) is 0 Å². The van der Waals surface area contributed by atoms with Crippen LogP contribution in [0.15, 0.2) is 34.7 Å². The number of rotatable bonds is 5. The molecule has 10 unspecified atom stereocenters. The van der Waals surface area contributed by atoms with Gasteiger partial charge in [-0.2, -0.15) is 0 Å². The topological polar surface area (TPSA) is 142 Å². The van der Waals surface area contributed by atoms with Gasteiger partial charge >= 0.3 is 17.9 Å². The minimum atomic E-state index is -1.66. The van der Waals surface area contributed by atoms with Crippen LogP contribution in [0.4, 0.5) is 0 Å². The second-order valence-corrected chi connectivity index (χ2v) is 13.7. The van der Waals surface area contributed by atoms with E-state index in [-0.39, 0.29) is 5.78 Å². The Hall–Kier alpha value is -2.98. The smallest absolute Gasteiger partial charge is 0.335 e. The Bertz CT molecular complexity index is 1340. The molecule has 3 saturated carbocycles. The molecule has 10 heteroatoms. The molecule has 3 heterocycles. The van der Waals surface area contributed by atoms with Crippen LogP contribution in [0.1, 0.15) is 66.1 Å². The van der Waals surface area contributed by atoms with E-state index < -0.39 is 87.8 Å². The maximum absolute atomic E-state index is 14.6. The van der Waals surface area contributed by atoms with Crippen molar-refractivity contribution in [3.8, 4) is 0 Å². The lowest BCUT2D eigenvalue weighted by Crippen LogP contribution is -2.73. The van der Waals surface area contributed by atoms with Gasteiger partial charge in [0.15, 0.2) is 6.10 Å². The molecule has 10 atom stereocenters. The first kappa shape index (κ1) is 28.2. The highest BCUT2D eigenvalue weighted by atomic mass is 16.6. The van der Waals surface area contributed by atoms with Crippen molar-refractivity contribution in [1.82, 2.24) is 0 Å². The number of aliphatic hydroxyl groups excluding tert-OH is 1. The number of ketones is 1. The molecule has 2 aliphatic heterocycles. The SMILES string of the molecule is COC(=O)C(O)C1C(C)(C)C(OC(=O)C(C)C)C2C(=O)C1(C)C1CCC3(C)C(=CC(=O)OC3c3ccoc3)C13OC23. The third-order valence-corrected chi connectivity index (χ3v) is 11.0. The standard InChI is InChI=1S/C31H38O10/c1-14(2)26(35)40-24-19-22(34)30(6,21(28(24,3)4)20(33)27(36)37-7)16-8-10-29(5)17(31(16)25(19)41-31)12-18(32)39-23(29)15-9-11-38-13-15/h9,11-14,16,19-21,23-25,33H,8,10H2,1-7H3. The summed E-state index contributed by atoms with van der Waals surface area (Å²) in [5.41, 5.74) is -2.51. The normalized spacial score (nSPS) is 42.6. The molecule has 4 fully saturated rings. The summed E-state index contributed by atoms with van der Waals surface area (Å²) in [4.78, 5) is 53.5. The van der Waals surface area contributed by atoms with Crippen molar-refractivity contribution in [1.29, 1.82) is 0 Å². The highest BCUT2D eigenvalue weighted by Crippen LogP contribution is 2.76. The molecule has 5 aliphatic rings. The van der Waals surface area contributed by atoms with E-state index >= 15 is 0 Å². The first-order valence-electron chi connectivity index (χ1n) is 14.3. The van der Waals surface area contributed by atoms with Crippen LogP contribution in [0.3, 0.4) is 0 Å². The molecule has 10 nitrogen and oxygen atoms in total. The van der Waals surface area contributed by atoms with E-state index in [0.717, 1.165) is 11.1 Å². The zero-order valence-corrected chi connectivity index (χ0v) is 24.5. The summed E-state index contributed by atoms with van der Waals surface area (Å²) >= 11 is 0. The Balaban J connectivity index is 1.54. The van der Waals surface area contributed by atoms with E-state index in [1.165, 1.54) is 19.4 Å². The number of esters is 3. The van der Waals surface area contributed by atoms with Crippen LogP contribution in [0.5, 0.6) is 0 Å². The zero-order chi connectivity index (χ0) is 29.9. The zero-order valence-electron chi connectivity index (χ0n) is 24.5. The maximum atomic E-state index is 14.6. The van der Waals surface area contributed by atoms with Crippen molar-refractivity contribution in [2.45, 2.75) is 84.4 Å². The lowest BCUT2D eigenvalue weighted by Gasteiger charge is -2.64. The van der Waals surface area contributed by atoms with Crippen LogP contribution in [0.2, 0.25) is 0 Å². The summed E-state index contributed by atoms with van der Waals surface area (Å²) in [5.74, 6) is -4.82. The lowest BCUT2D eigenvalue weighted by molar-refractivity contribution is -0.218. The van der Waals surface area contributed by atoms with Crippen molar-refractivity contribution in [3.05, 3.63) is 35.8 Å². The predicted octanol–water partition coefficient (Wildman–Crippen LogP) is 3.32. The number of carbonyl (C=O) groups excluding carboxylic acids is 4. The van der Waals surface area contributed by atoms with Gasteiger partial charge in [0.1, 0.15) is 29.7 Å². The Morgan fingerprint density at radius 3 is 2.44 bits per heavy atom. The van der Waals surface area contributed by atoms with Crippen LogP contribution < -0.4 is 0 Å². The van der Waals surface area contributed by atoms with E-state index in [4.69, 9.17) is 23.4 Å².